The summed E-state index contributed by atoms with van der Waals surface area (Å²) in [5.41, 5.74) is 3.00. The quantitative estimate of drug-likeness (QED) is 0.287. The standard InChI is InChI=1S/C20H29N5OS.HI/c1-5-17-14(2)27-18(25-17)10-12-24-20(22-4)23-11-9-15-7-6-8-16(13-15)19(26)21-3;/h6-8,13H,5,9-12H2,1-4H3,(H,21,26)(H2,22,23,24);1H. The Morgan fingerprint density at radius 1 is 1.21 bits per heavy atom. The van der Waals surface area contributed by atoms with Gasteiger partial charge in [-0.15, -0.1) is 35.3 Å². The lowest BCUT2D eigenvalue weighted by Crippen LogP contribution is -2.39. The van der Waals surface area contributed by atoms with Crippen LogP contribution in [-0.4, -0.2) is 44.0 Å². The van der Waals surface area contributed by atoms with E-state index in [1.54, 1.807) is 25.4 Å². The van der Waals surface area contributed by atoms with Crippen LogP contribution in [0, 0.1) is 6.92 Å². The molecular formula is C20H30IN5OS. The zero-order chi connectivity index (χ0) is 19.6. The highest BCUT2D eigenvalue weighted by Gasteiger charge is 2.07. The summed E-state index contributed by atoms with van der Waals surface area (Å²) in [4.78, 5) is 22.0. The van der Waals surface area contributed by atoms with Crippen molar-refractivity contribution in [2.24, 2.45) is 4.99 Å². The second-order valence-corrected chi connectivity index (χ2v) is 7.46. The maximum atomic E-state index is 11.7. The van der Waals surface area contributed by atoms with Gasteiger partial charge in [-0.05, 0) is 37.5 Å². The van der Waals surface area contributed by atoms with E-state index in [1.807, 2.05) is 24.3 Å². The Kier molecular flexibility index (Phi) is 11.1. The highest BCUT2D eigenvalue weighted by molar-refractivity contribution is 14.0. The van der Waals surface area contributed by atoms with Gasteiger partial charge in [-0.2, -0.15) is 0 Å². The van der Waals surface area contributed by atoms with Gasteiger partial charge in [0, 0.05) is 44.0 Å². The molecule has 6 nitrogen and oxygen atoms in total. The number of aryl methyl sites for hydroxylation is 2. The molecule has 2 aromatic rings. The van der Waals surface area contributed by atoms with E-state index in [1.165, 1.54) is 15.6 Å². The van der Waals surface area contributed by atoms with E-state index in [0.29, 0.717) is 5.56 Å². The highest BCUT2D eigenvalue weighted by atomic mass is 127. The van der Waals surface area contributed by atoms with Gasteiger partial charge in [-0.1, -0.05) is 19.1 Å². The van der Waals surface area contributed by atoms with E-state index in [4.69, 9.17) is 0 Å². The maximum Gasteiger partial charge on any atom is 0.251 e. The molecular weight excluding hydrogens is 485 g/mol. The minimum absolute atomic E-state index is 0. The third kappa shape index (κ3) is 7.38. The Hall–Kier alpha value is -1.68. The molecule has 1 heterocycles. The first-order valence-electron chi connectivity index (χ1n) is 9.28. The average molecular weight is 515 g/mol. The lowest BCUT2D eigenvalue weighted by molar-refractivity contribution is 0.0963. The number of hydrogen-bond acceptors (Lipinski definition) is 4. The molecule has 154 valence electrons. The number of thiazole rings is 1. The predicted molar refractivity (Wildman–Crippen MR) is 128 cm³/mol. The molecule has 0 unspecified atom stereocenters. The lowest BCUT2D eigenvalue weighted by atomic mass is 10.1. The van der Waals surface area contributed by atoms with Crippen molar-refractivity contribution in [2.45, 2.75) is 33.1 Å². The number of benzene rings is 1. The molecule has 1 aromatic heterocycles. The number of aromatic nitrogens is 1. The first kappa shape index (κ1) is 24.4. The molecule has 2 rings (SSSR count). The Morgan fingerprint density at radius 3 is 2.54 bits per heavy atom. The number of guanidine groups is 1. The normalized spacial score (nSPS) is 10.9. The smallest absolute Gasteiger partial charge is 0.251 e. The van der Waals surface area contributed by atoms with Crippen LogP contribution in [0.4, 0.5) is 0 Å². The second-order valence-electron chi connectivity index (χ2n) is 6.17. The van der Waals surface area contributed by atoms with Gasteiger partial charge in [-0.25, -0.2) is 4.98 Å². The van der Waals surface area contributed by atoms with E-state index >= 15 is 0 Å². The van der Waals surface area contributed by atoms with E-state index in [-0.39, 0.29) is 29.9 Å². The van der Waals surface area contributed by atoms with Gasteiger partial charge < -0.3 is 16.0 Å². The van der Waals surface area contributed by atoms with Crippen LogP contribution in [0.25, 0.3) is 0 Å². The lowest BCUT2D eigenvalue weighted by Gasteiger charge is -2.11. The van der Waals surface area contributed by atoms with Crippen LogP contribution in [0.2, 0.25) is 0 Å². The largest absolute Gasteiger partial charge is 0.356 e. The molecule has 1 aromatic carbocycles. The maximum absolute atomic E-state index is 11.7. The molecule has 8 heteroatoms. The number of hydrogen-bond donors (Lipinski definition) is 3. The fourth-order valence-electron chi connectivity index (χ4n) is 2.77. The first-order valence-corrected chi connectivity index (χ1v) is 10.1. The van der Waals surface area contributed by atoms with Crippen LogP contribution >= 0.6 is 35.3 Å². The van der Waals surface area contributed by atoms with Crippen LogP contribution in [-0.2, 0) is 19.3 Å². The number of nitrogens with one attached hydrogen (secondary N) is 3. The number of halogens is 1. The predicted octanol–water partition coefficient (Wildman–Crippen LogP) is 2.94. The summed E-state index contributed by atoms with van der Waals surface area (Å²) in [5.74, 6) is 0.715. The van der Waals surface area contributed by atoms with E-state index in [9.17, 15) is 4.79 Å². The Balaban J connectivity index is 0.00000392. The molecule has 0 saturated heterocycles. The van der Waals surface area contributed by atoms with E-state index < -0.39 is 0 Å². The number of rotatable bonds is 8. The molecule has 0 fully saturated rings. The summed E-state index contributed by atoms with van der Waals surface area (Å²) in [5, 5.41) is 10.5. The Morgan fingerprint density at radius 2 is 1.93 bits per heavy atom. The molecule has 3 N–H and O–H groups in total. The number of aliphatic imine (C=N–C) groups is 1. The third-order valence-electron chi connectivity index (χ3n) is 4.25. The van der Waals surface area contributed by atoms with Crippen molar-refractivity contribution in [1.29, 1.82) is 0 Å². The minimum atomic E-state index is -0.0639. The topological polar surface area (TPSA) is 78.4 Å². The van der Waals surface area contributed by atoms with Crippen LogP contribution in [0.15, 0.2) is 29.3 Å². The van der Waals surface area contributed by atoms with E-state index in [2.05, 4.69) is 39.8 Å². The van der Waals surface area contributed by atoms with Crippen molar-refractivity contribution < 1.29 is 4.79 Å². The Bertz CT molecular complexity index is 791. The molecule has 0 saturated carbocycles. The summed E-state index contributed by atoms with van der Waals surface area (Å²) in [6.07, 6.45) is 2.69. The van der Waals surface area contributed by atoms with Crippen molar-refractivity contribution in [2.75, 3.05) is 27.2 Å². The number of carbonyl (C=O) groups is 1. The molecule has 0 aliphatic heterocycles. The molecule has 0 spiro atoms. The van der Waals surface area contributed by atoms with Crippen molar-refractivity contribution >= 4 is 47.2 Å². The summed E-state index contributed by atoms with van der Waals surface area (Å²) < 4.78 is 0. The number of carbonyl (C=O) groups excluding carboxylic acids is 1. The van der Waals surface area contributed by atoms with Crippen LogP contribution in [0.1, 0.15) is 38.4 Å². The van der Waals surface area contributed by atoms with Crippen LogP contribution in [0.5, 0.6) is 0 Å². The number of nitrogens with zero attached hydrogens (tertiary/aromatic N) is 2. The third-order valence-corrected chi connectivity index (χ3v) is 5.32. The van der Waals surface area contributed by atoms with Crippen molar-refractivity contribution in [3.05, 3.63) is 51.0 Å². The first-order chi connectivity index (χ1) is 13.1. The monoisotopic (exact) mass is 515 g/mol. The van der Waals surface area contributed by atoms with Gasteiger partial charge in [0.25, 0.3) is 5.91 Å². The summed E-state index contributed by atoms with van der Waals surface area (Å²) >= 11 is 1.77. The molecule has 0 aliphatic rings. The van der Waals surface area contributed by atoms with Gasteiger partial charge >= 0.3 is 0 Å². The highest BCUT2D eigenvalue weighted by Crippen LogP contribution is 2.17. The number of amides is 1. The molecule has 0 atom stereocenters. The van der Waals surface area contributed by atoms with Gasteiger partial charge in [-0.3, -0.25) is 9.79 Å². The Labute approximate surface area is 188 Å². The zero-order valence-corrected chi connectivity index (χ0v) is 20.1. The van der Waals surface area contributed by atoms with Crippen LogP contribution < -0.4 is 16.0 Å². The second kappa shape index (κ2) is 12.7. The van der Waals surface area contributed by atoms with Crippen molar-refractivity contribution in [3.63, 3.8) is 0 Å². The van der Waals surface area contributed by atoms with Gasteiger partial charge in [0.1, 0.15) is 0 Å². The molecule has 1 amide bonds. The summed E-state index contributed by atoms with van der Waals surface area (Å²) in [6, 6.07) is 7.68. The summed E-state index contributed by atoms with van der Waals surface area (Å²) in [7, 11) is 3.41. The fraction of sp³-hybridized carbons (Fsp3) is 0.450. The molecule has 28 heavy (non-hydrogen) atoms. The van der Waals surface area contributed by atoms with Crippen molar-refractivity contribution in [1.82, 2.24) is 20.9 Å². The van der Waals surface area contributed by atoms with Gasteiger partial charge in [0.15, 0.2) is 5.96 Å². The van der Waals surface area contributed by atoms with E-state index in [0.717, 1.165) is 43.9 Å². The fourth-order valence-corrected chi connectivity index (χ4v) is 3.79. The van der Waals surface area contributed by atoms with Crippen molar-refractivity contribution in [3.8, 4) is 0 Å². The van der Waals surface area contributed by atoms with Gasteiger partial charge in [0.2, 0.25) is 0 Å². The molecule has 0 bridgehead atoms. The van der Waals surface area contributed by atoms with Gasteiger partial charge in [0.05, 0.1) is 10.7 Å². The van der Waals surface area contributed by atoms with Crippen LogP contribution in [0.3, 0.4) is 0 Å². The minimum Gasteiger partial charge on any atom is -0.356 e. The average Bonchev–Trinajstić information content (AvgIpc) is 3.05. The summed E-state index contributed by atoms with van der Waals surface area (Å²) in [6.45, 7) is 5.81. The SMILES string of the molecule is CCc1nc(CCNC(=NC)NCCc2cccc(C(=O)NC)c2)sc1C.I. The molecule has 0 radical (unpaired) electrons. The zero-order valence-electron chi connectivity index (χ0n) is 17.0. The molecule has 0 aliphatic carbocycles.